The number of benzene rings is 1. The first kappa shape index (κ1) is 11.6. The highest BCUT2D eigenvalue weighted by Gasteiger charge is 2.12. The number of para-hydroxylation sites is 1. The SMILES string of the molecule is Cc1cc(NC(C)c2nn[nH]n2)c2ccccc2n1. The molecule has 3 aromatic rings. The molecule has 2 aromatic heterocycles. The van der Waals surface area contributed by atoms with E-state index in [0.29, 0.717) is 5.82 Å². The summed E-state index contributed by atoms with van der Waals surface area (Å²) in [7, 11) is 0. The van der Waals surface area contributed by atoms with Crippen LogP contribution in [0.25, 0.3) is 10.9 Å². The molecule has 0 bridgehead atoms. The van der Waals surface area contributed by atoms with Crippen molar-refractivity contribution in [2.45, 2.75) is 19.9 Å². The Balaban J connectivity index is 2.00. The number of aryl methyl sites for hydroxylation is 1. The van der Waals surface area contributed by atoms with Crippen LogP contribution in [0.2, 0.25) is 0 Å². The number of aromatic amines is 1. The number of pyridine rings is 1. The van der Waals surface area contributed by atoms with Crippen molar-refractivity contribution in [3.8, 4) is 0 Å². The summed E-state index contributed by atoms with van der Waals surface area (Å²) in [6, 6.07) is 10.0. The smallest absolute Gasteiger partial charge is 0.196 e. The van der Waals surface area contributed by atoms with Crippen molar-refractivity contribution < 1.29 is 0 Å². The molecule has 3 rings (SSSR count). The highest BCUT2D eigenvalue weighted by atomic mass is 15.5. The third-order valence-corrected chi connectivity index (χ3v) is 2.97. The molecule has 0 saturated carbocycles. The Bertz CT molecular complexity index is 691. The molecular formula is C13H14N6. The number of fused-ring (bicyclic) bond motifs is 1. The van der Waals surface area contributed by atoms with Gasteiger partial charge in [-0.15, -0.1) is 10.2 Å². The molecule has 0 amide bonds. The number of hydrogen-bond donors (Lipinski definition) is 2. The zero-order valence-corrected chi connectivity index (χ0v) is 10.8. The van der Waals surface area contributed by atoms with Gasteiger partial charge in [-0.25, -0.2) is 0 Å². The first-order chi connectivity index (χ1) is 9.24. The Labute approximate surface area is 110 Å². The normalized spacial score (nSPS) is 12.5. The molecule has 0 aliphatic rings. The van der Waals surface area contributed by atoms with Gasteiger partial charge in [0.15, 0.2) is 5.82 Å². The second kappa shape index (κ2) is 4.64. The van der Waals surface area contributed by atoms with Gasteiger partial charge in [-0.1, -0.05) is 23.4 Å². The maximum atomic E-state index is 4.52. The summed E-state index contributed by atoms with van der Waals surface area (Å²) in [5, 5.41) is 18.5. The largest absolute Gasteiger partial charge is 0.375 e. The monoisotopic (exact) mass is 254 g/mol. The third kappa shape index (κ3) is 2.24. The average Bonchev–Trinajstić information content (AvgIpc) is 2.92. The summed E-state index contributed by atoms with van der Waals surface area (Å²) < 4.78 is 0. The van der Waals surface area contributed by atoms with Gasteiger partial charge in [0.2, 0.25) is 0 Å². The van der Waals surface area contributed by atoms with E-state index in [1.54, 1.807) is 0 Å². The maximum absolute atomic E-state index is 4.52. The van der Waals surface area contributed by atoms with Crippen LogP contribution >= 0.6 is 0 Å². The van der Waals surface area contributed by atoms with Crippen LogP contribution in [0, 0.1) is 6.92 Å². The van der Waals surface area contributed by atoms with E-state index >= 15 is 0 Å². The highest BCUT2D eigenvalue weighted by Crippen LogP contribution is 2.25. The Hall–Kier alpha value is -2.50. The minimum absolute atomic E-state index is 0.0241. The van der Waals surface area contributed by atoms with Crippen molar-refractivity contribution in [1.29, 1.82) is 0 Å². The van der Waals surface area contributed by atoms with E-state index in [2.05, 4.69) is 30.9 Å². The lowest BCUT2D eigenvalue weighted by Crippen LogP contribution is -2.09. The number of anilines is 1. The Morgan fingerprint density at radius 3 is 2.89 bits per heavy atom. The Kier molecular flexibility index (Phi) is 2.83. The zero-order valence-electron chi connectivity index (χ0n) is 10.8. The zero-order chi connectivity index (χ0) is 13.2. The lowest BCUT2D eigenvalue weighted by Gasteiger charge is -2.14. The minimum atomic E-state index is -0.0241. The van der Waals surface area contributed by atoms with Crippen molar-refractivity contribution in [1.82, 2.24) is 25.6 Å². The summed E-state index contributed by atoms with van der Waals surface area (Å²) in [4.78, 5) is 4.52. The first-order valence-corrected chi connectivity index (χ1v) is 6.10. The molecular weight excluding hydrogens is 240 g/mol. The maximum Gasteiger partial charge on any atom is 0.196 e. The Morgan fingerprint density at radius 1 is 1.26 bits per heavy atom. The van der Waals surface area contributed by atoms with Crippen LogP contribution in [0.5, 0.6) is 0 Å². The fourth-order valence-corrected chi connectivity index (χ4v) is 2.08. The van der Waals surface area contributed by atoms with E-state index in [1.165, 1.54) is 0 Å². The Morgan fingerprint density at radius 2 is 2.11 bits per heavy atom. The van der Waals surface area contributed by atoms with Gasteiger partial charge in [0, 0.05) is 16.8 Å². The van der Waals surface area contributed by atoms with Crippen LogP contribution < -0.4 is 5.32 Å². The summed E-state index contributed by atoms with van der Waals surface area (Å²) in [6.07, 6.45) is 0. The third-order valence-electron chi connectivity index (χ3n) is 2.97. The minimum Gasteiger partial charge on any atom is -0.375 e. The molecule has 6 heteroatoms. The molecule has 96 valence electrons. The summed E-state index contributed by atoms with van der Waals surface area (Å²) in [5.41, 5.74) is 2.98. The molecule has 0 fully saturated rings. The van der Waals surface area contributed by atoms with E-state index in [9.17, 15) is 0 Å². The van der Waals surface area contributed by atoms with Crippen LogP contribution in [-0.2, 0) is 0 Å². The van der Waals surface area contributed by atoms with Crippen molar-refractivity contribution in [3.63, 3.8) is 0 Å². The van der Waals surface area contributed by atoms with Gasteiger partial charge in [0.25, 0.3) is 0 Å². The van der Waals surface area contributed by atoms with E-state index in [0.717, 1.165) is 22.3 Å². The molecule has 0 saturated heterocycles. The number of H-pyrrole nitrogens is 1. The number of nitrogens with one attached hydrogen (secondary N) is 2. The van der Waals surface area contributed by atoms with E-state index in [4.69, 9.17) is 0 Å². The molecule has 0 aliphatic heterocycles. The number of tetrazole rings is 1. The number of nitrogens with zero attached hydrogens (tertiary/aromatic N) is 4. The highest BCUT2D eigenvalue weighted by molar-refractivity contribution is 5.91. The molecule has 0 aliphatic carbocycles. The number of aromatic nitrogens is 5. The van der Waals surface area contributed by atoms with Gasteiger partial charge < -0.3 is 5.32 Å². The molecule has 1 unspecified atom stereocenters. The number of rotatable bonds is 3. The van der Waals surface area contributed by atoms with Crippen molar-refractivity contribution in [2.75, 3.05) is 5.32 Å². The lowest BCUT2D eigenvalue weighted by molar-refractivity contribution is 0.794. The lowest BCUT2D eigenvalue weighted by atomic mass is 10.1. The van der Waals surface area contributed by atoms with Gasteiger partial charge >= 0.3 is 0 Å². The molecule has 2 heterocycles. The average molecular weight is 254 g/mol. The standard InChI is InChI=1S/C13H14N6/c1-8-7-12(10-5-3-4-6-11(10)14-8)15-9(2)13-16-18-19-17-13/h3-7,9H,1-2H3,(H,14,15)(H,16,17,18,19). The second-order valence-electron chi connectivity index (χ2n) is 4.46. The molecule has 6 nitrogen and oxygen atoms in total. The van der Waals surface area contributed by atoms with Gasteiger partial charge in [0.05, 0.1) is 11.6 Å². The molecule has 1 atom stereocenters. The van der Waals surface area contributed by atoms with E-state index in [1.807, 2.05) is 44.2 Å². The topological polar surface area (TPSA) is 79.4 Å². The summed E-state index contributed by atoms with van der Waals surface area (Å²) in [5.74, 6) is 0.638. The van der Waals surface area contributed by atoms with Crippen molar-refractivity contribution in [2.24, 2.45) is 0 Å². The molecule has 19 heavy (non-hydrogen) atoms. The van der Waals surface area contributed by atoms with E-state index in [-0.39, 0.29) is 6.04 Å². The summed E-state index contributed by atoms with van der Waals surface area (Å²) in [6.45, 7) is 3.98. The van der Waals surface area contributed by atoms with Crippen molar-refractivity contribution in [3.05, 3.63) is 41.9 Å². The fourth-order valence-electron chi connectivity index (χ4n) is 2.08. The van der Waals surface area contributed by atoms with Gasteiger partial charge in [0.1, 0.15) is 0 Å². The first-order valence-electron chi connectivity index (χ1n) is 6.10. The predicted octanol–water partition coefficient (Wildman–Crippen LogP) is 2.23. The number of hydrogen-bond acceptors (Lipinski definition) is 5. The molecule has 2 N–H and O–H groups in total. The second-order valence-corrected chi connectivity index (χ2v) is 4.46. The van der Waals surface area contributed by atoms with Crippen LogP contribution in [0.3, 0.4) is 0 Å². The fraction of sp³-hybridized carbons (Fsp3) is 0.231. The van der Waals surface area contributed by atoms with Crippen LogP contribution in [0.1, 0.15) is 24.5 Å². The molecule has 1 aromatic carbocycles. The summed E-state index contributed by atoms with van der Waals surface area (Å²) >= 11 is 0. The van der Waals surface area contributed by atoms with Crippen molar-refractivity contribution >= 4 is 16.6 Å². The molecule has 0 spiro atoms. The predicted molar refractivity (Wildman–Crippen MR) is 72.7 cm³/mol. The van der Waals surface area contributed by atoms with Crippen LogP contribution in [0.15, 0.2) is 30.3 Å². The van der Waals surface area contributed by atoms with E-state index < -0.39 is 0 Å². The van der Waals surface area contributed by atoms with Crippen LogP contribution in [0.4, 0.5) is 5.69 Å². The quantitative estimate of drug-likeness (QED) is 0.749. The van der Waals surface area contributed by atoms with Crippen LogP contribution in [-0.4, -0.2) is 25.6 Å². The van der Waals surface area contributed by atoms with Gasteiger partial charge in [-0.2, -0.15) is 5.21 Å². The van der Waals surface area contributed by atoms with Gasteiger partial charge in [-0.3, -0.25) is 4.98 Å². The molecule has 0 radical (unpaired) electrons. The van der Waals surface area contributed by atoms with Gasteiger partial charge in [-0.05, 0) is 26.0 Å².